The molecule has 13 aromatic carbocycles. The molecule has 638 valence electrons. The Hall–Kier alpha value is -14.3. The van der Waals surface area contributed by atoms with Crippen LogP contribution in [0.3, 0.4) is 0 Å². The summed E-state index contributed by atoms with van der Waals surface area (Å²) in [4.78, 5) is 13.2. The normalized spacial score (nSPS) is 11.8. The molecule has 0 atom stereocenters. The van der Waals surface area contributed by atoms with Gasteiger partial charge in [-0.15, -0.1) is 0 Å². The van der Waals surface area contributed by atoms with Gasteiger partial charge in [-0.05, 0) is 256 Å². The monoisotopic (exact) mass is 1670 g/mol. The zero-order chi connectivity index (χ0) is 88.9. The molecular weight excluding hydrogens is 1560 g/mol. The van der Waals surface area contributed by atoms with Crippen molar-refractivity contribution in [3.8, 4) is 5.69 Å². The minimum atomic E-state index is 0.413. The molecule has 11 heteroatoms. The van der Waals surface area contributed by atoms with E-state index in [1.54, 1.807) is 0 Å². The minimum absolute atomic E-state index is 0.413. The van der Waals surface area contributed by atoms with Crippen molar-refractivity contribution in [1.29, 1.82) is 0 Å². The topological polar surface area (TPSA) is 78.1 Å². The summed E-state index contributed by atoms with van der Waals surface area (Å²) in [5.74, 6) is 0. The molecule has 0 N–H and O–H groups in total. The lowest BCUT2D eigenvalue weighted by atomic mass is 10.1. The molecule has 0 unspecified atom stereocenters. The smallest absolute Gasteiger partial charge is 0.141 e. The summed E-state index contributed by atoms with van der Waals surface area (Å²) in [6.07, 6.45) is 7.54. The van der Waals surface area contributed by atoms with E-state index in [2.05, 4.69) is 479 Å². The molecule has 24 aromatic rings. The van der Waals surface area contributed by atoms with Gasteiger partial charge in [0.05, 0.1) is 38.6 Å². The molecule has 128 heavy (non-hydrogen) atoms. The highest BCUT2D eigenvalue weighted by atomic mass is 15.1. The van der Waals surface area contributed by atoms with E-state index in [1.807, 2.05) is 36.9 Å². The van der Waals surface area contributed by atoms with Crippen LogP contribution in [-0.4, -0.2) is 51.5 Å². The molecule has 0 radical (unpaired) electrons. The van der Waals surface area contributed by atoms with Crippen LogP contribution in [0.5, 0.6) is 0 Å². The van der Waals surface area contributed by atoms with E-state index >= 15 is 0 Å². The number of hydrogen-bond acceptors (Lipinski definition) is 3. The Morgan fingerprint density at radius 1 is 0.188 bits per heavy atom. The average Bonchev–Trinajstić information content (AvgIpc) is 1.57. The number of fused-ring (bicyclic) bond motifs is 24. The zero-order valence-electron chi connectivity index (χ0n) is 76.9. The van der Waals surface area contributed by atoms with Crippen molar-refractivity contribution in [2.75, 3.05) is 0 Å². The van der Waals surface area contributed by atoms with Gasteiger partial charge in [0.2, 0.25) is 0 Å². The first-order chi connectivity index (χ1) is 62.1. The Morgan fingerprint density at radius 3 is 0.859 bits per heavy atom. The lowest BCUT2D eigenvalue weighted by Gasteiger charge is -2.12. The summed E-state index contributed by atoms with van der Waals surface area (Å²) < 4.78 is 19.1. The van der Waals surface area contributed by atoms with Crippen LogP contribution in [0.2, 0.25) is 0 Å². The van der Waals surface area contributed by atoms with E-state index in [0.29, 0.717) is 42.3 Å². The van der Waals surface area contributed by atoms with Gasteiger partial charge in [0, 0.05) is 203 Å². The minimum Gasteiger partial charge on any atom is -0.338 e. The number of hydrogen-bond donors (Lipinski definition) is 0. The van der Waals surface area contributed by atoms with Gasteiger partial charge in [0.1, 0.15) is 5.65 Å². The summed E-state index contributed by atoms with van der Waals surface area (Å²) in [5.41, 5.74) is 26.8. The molecule has 0 saturated heterocycles. The first kappa shape index (κ1) is 84.5. The Labute approximate surface area is 750 Å². The Balaban J connectivity index is 0.000000102. The predicted octanol–water partition coefficient (Wildman–Crippen LogP) is 32.8. The van der Waals surface area contributed by atoms with E-state index in [0.717, 1.165) is 11.2 Å². The molecule has 0 spiro atoms. The average molecular weight is 1680 g/mol. The van der Waals surface area contributed by atoms with Crippen LogP contribution in [0.1, 0.15) is 156 Å². The number of aryl methyl sites for hydroxylation is 3. The molecule has 0 amide bonds. The van der Waals surface area contributed by atoms with Gasteiger partial charge in [-0.2, -0.15) is 0 Å². The van der Waals surface area contributed by atoms with E-state index in [4.69, 9.17) is 0 Å². The second-order valence-electron chi connectivity index (χ2n) is 36.1. The summed E-state index contributed by atoms with van der Waals surface area (Å²) in [5, 5.41) is 19.7. The third-order valence-electron chi connectivity index (χ3n) is 25.2. The molecule has 0 aliphatic rings. The van der Waals surface area contributed by atoms with Crippen LogP contribution >= 0.6 is 0 Å². The van der Waals surface area contributed by atoms with E-state index < -0.39 is 0 Å². The molecular formula is C117H115N11. The number of pyridine rings is 3. The largest absolute Gasteiger partial charge is 0.338 e. The molecule has 0 aliphatic carbocycles. The van der Waals surface area contributed by atoms with Crippen molar-refractivity contribution in [3.05, 3.63) is 363 Å². The first-order valence-electron chi connectivity index (χ1n) is 45.6. The number of nitrogens with zero attached hydrogens (tertiary/aromatic N) is 11. The van der Waals surface area contributed by atoms with Gasteiger partial charge in [-0.3, -0.25) is 9.97 Å². The lowest BCUT2D eigenvalue weighted by molar-refractivity contribution is 0.637. The summed E-state index contributed by atoms with van der Waals surface area (Å²) in [6, 6.07) is 118. The van der Waals surface area contributed by atoms with Gasteiger partial charge >= 0.3 is 0 Å². The fourth-order valence-electron chi connectivity index (χ4n) is 20.0. The fraction of sp³-hybridized carbons (Fsp3) is 0.205. The van der Waals surface area contributed by atoms with Gasteiger partial charge in [0.25, 0.3) is 0 Å². The molecule has 11 heterocycles. The van der Waals surface area contributed by atoms with Crippen LogP contribution in [0.4, 0.5) is 0 Å². The Kier molecular flexibility index (Phi) is 23.5. The quantitative estimate of drug-likeness (QED) is 0.152. The maximum Gasteiger partial charge on any atom is 0.141 e. The van der Waals surface area contributed by atoms with Crippen molar-refractivity contribution < 1.29 is 0 Å². The molecule has 11 aromatic heterocycles. The predicted molar refractivity (Wildman–Crippen MR) is 551 cm³/mol. The maximum atomic E-state index is 4.50. The highest BCUT2D eigenvalue weighted by Crippen LogP contribution is 2.41. The van der Waals surface area contributed by atoms with E-state index in [1.165, 1.54) is 186 Å². The van der Waals surface area contributed by atoms with Gasteiger partial charge < -0.3 is 36.5 Å². The van der Waals surface area contributed by atoms with Crippen molar-refractivity contribution in [2.45, 2.75) is 160 Å². The lowest BCUT2D eigenvalue weighted by Crippen LogP contribution is -2.00. The highest BCUT2D eigenvalue weighted by Gasteiger charge is 2.21. The second kappa shape index (κ2) is 35.6. The van der Waals surface area contributed by atoms with E-state index in [-0.39, 0.29) is 0 Å². The van der Waals surface area contributed by atoms with Crippen LogP contribution in [0.25, 0.3) is 180 Å². The molecule has 11 nitrogen and oxygen atoms in total. The summed E-state index contributed by atoms with van der Waals surface area (Å²) in [6.45, 7) is 37.7. The van der Waals surface area contributed by atoms with Crippen LogP contribution in [0.15, 0.2) is 346 Å². The van der Waals surface area contributed by atoms with Crippen LogP contribution in [0, 0.1) is 20.8 Å². The van der Waals surface area contributed by atoms with Crippen molar-refractivity contribution in [3.63, 3.8) is 0 Å². The van der Waals surface area contributed by atoms with Gasteiger partial charge in [0.15, 0.2) is 0 Å². The van der Waals surface area contributed by atoms with Crippen LogP contribution in [-0.2, 0) is 0 Å². The number of rotatable bonds is 8. The Morgan fingerprint density at radius 2 is 0.453 bits per heavy atom. The first-order valence-corrected chi connectivity index (χ1v) is 45.6. The van der Waals surface area contributed by atoms with Gasteiger partial charge in [-0.1, -0.05) is 200 Å². The third-order valence-corrected chi connectivity index (χ3v) is 25.2. The zero-order valence-corrected chi connectivity index (χ0v) is 76.9. The highest BCUT2D eigenvalue weighted by molar-refractivity contribution is 6.15. The number of benzene rings is 13. The third kappa shape index (κ3) is 15.4. The van der Waals surface area contributed by atoms with Crippen molar-refractivity contribution in [2.24, 2.45) is 0 Å². The second-order valence-corrected chi connectivity index (χ2v) is 36.1. The standard InChI is InChI=1S/C27H22N2.C17H19N.C16H17N.C15H15N.3C14H14N2/c1-18(2)28-24-12-6-5-11-22(24)23-17-19(15-16-27(23)28)29-25-13-7-3-9-20(25)21-10-4-8-14-26(21)29;1-11(2)18-16-9-12(3)5-7-14(16)15-8-6-13(4)10-17(15)18;1-11(2)17-15-7-5-4-6-13(15)14-9-8-12(3)10-16(14)17;1-11(2)16-14-9-5-3-7-12(14)13-8-4-6-10-15(13)16;1-10(2)16-13-8-4-3-6-11(13)12-7-5-9-15-14(12)16;1-10(2)16-12-7-4-3-6-11(12)14-13(16)8-5-9-15-14;1-10(2)16-13-6-4-3-5-11(13)12-9-15-8-7-14(12)16/h3-18H,1-2H3;5-11H,1-4H3;4-11H,1-3H3;3-11H,1-2H3;3*3-10H,1-2H3. The molecule has 24 rings (SSSR count). The molecule has 0 saturated carbocycles. The van der Waals surface area contributed by atoms with Gasteiger partial charge in [-0.25, -0.2) is 4.98 Å². The van der Waals surface area contributed by atoms with Crippen molar-refractivity contribution >= 4 is 175 Å². The van der Waals surface area contributed by atoms with Crippen LogP contribution < -0.4 is 0 Å². The molecule has 0 bridgehead atoms. The summed E-state index contributed by atoms with van der Waals surface area (Å²) >= 11 is 0. The maximum absolute atomic E-state index is 4.50. The molecule has 0 fully saturated rings. The van der Waals surface area contributed by atoms with E-state index in [9.17, 15) is 0 Å². The SMILES string of the molecule is CC(C)n1c2ccccc2c2cc(-n3c4ccccc4c4ccccc43)ccc21.CC(C)n1c2ccccc2c2ccccc21.CC(C)n1c2ccccc2c2cccnc21.CC(C)n1c2ccccc2c2cnccc21.CC(C)n1c2ccccc2c2ncccc21.Cc1ccc2c3ccc(C)cc3n(C(C)C)c2c1.Cc1ccc2c3ccccc3n(C(C)C)c2c1. The fourth-order valence-corrected chi connectivity index (χ4v) is 20.0. The Bertz CT molecular complexity index is 7390. The number of para-hydroxylation sites is 9. The molecule has 0 aliphatic heterocycles. The number of aromatic nitrogens is 11. The summed E-state index contributed by atoms with van der Waals surface area (Å²) in [7, 11) is 0. The van der Waals surface area contributed by atoms with Crippen molar-refractivity contribution in [1.82, 2.24) is 51.5 Å².